The Balaban J connectivity index is 2.35. The topological polar surface area (TPSA) is 64.4 Å². The molecular formula is C12H20N2O3. The van der Waals surface area contributed by atoms with E-state index in [-0.39, 0.29) is 12.0 Å². The summed E-state index contributed by atoms with van der Waals surface area (Å²) in [4.78, 5) is 10.9. The number of hydrogen-bond acceptors (Lipinski definition) is 5. The fraction of sp³-hybridized carbons (Fsp3) is 0.667. The van der Waals surface area contributed by atoms with Gasteiger partial charge in [0.25, 0.3) is 0 Å². The van der Waals surface area contributed by atoms with Crippen LogP contribution in [0.15, 0.2) is 4.52 Å². The second kappa shape index (κ2) is 6.39. The van der Waals surface area contributed by atoms with E-state index in [9.17, 15) is 4.79 Å². The molecule has 0 fully saturated rings. The molecule has 0 amide bonds. The molecule has 96 valence electrons. The van der Waals surface area contributed by atoms with Crippen LogP contribution in [0, 0.1) is 13.8 Å². The third kappa shape index (κ3) is 3.85. The number of aryl methyl sites for hydroxylation is 2. The number of rotatable bonds is 6. The quantitative estimate of drug-likeness (QED) is 0.607. The van der Waals surface area contributed by atoms with E-state index in [1.807, 2.05) is 13.8 Å². The van der Waals surface area contributed by atoms with Crippen molar-refractivity contribution >= 4 is 5.97 Å². The third-order valence-electron chi connectivity index (χ3n) is 2.76. The third-order valence-corrected chi connectivity index (χ3v) is 2.76. The molecular weight excluding hydrogens is 220 g/mol. The van der Waals surface area contributed by atoms with Crippen molar-refractivity contribution < 1.29 is 14.1 Å². The first kappa shape index (κ1) is 13.7. The van der Waals surface area contributed by atoms with Gasteiger partial charge in [0.05, 0.1) is 12.8 Å². The van der Waals surface area contributed by atoms with Crippen LogP contribution in [0.5, 0.6) is 0 Å². The molecule has 1 aromatic rings. The average molecular weight is 240 g/mol. The van der Waals surface area contributed by atoms with Crippen LogP contribution in [0.3, 0.4) is 0 Å². The molecule has 1 rings (SSSR count). The lowest BCUT2D eigenvalue weighted by molar-refractivity contribution is -0.140. The van der Waals surface area contributed by atoms with E-state index >= 15 is 0 Å². The van der Waals surface area contributed by atoms with E-state index in [4.69, 9.17) is 4.52 Å². The Bertz CT molecular complexity index is 354. The van der Waals surface area contributed by atoms with Gasteiger partial charge >= 0.3 is 5.97 Å². The van der Waals surface area contributed by atoms with Crippen LogP contribution >= 0.6 is 0 Å². The smallest absolute Gasteiger partial charge is 0.305 e. The number of carbonyl (C=O) groups excluding carboxylic acids is 1. The largest absolute Gasteiger partial charge is 0.469 e. The fourth-order valence-corrected chi connectivity index (χ4v) is 1.86. The van der Waals surface area contributed by atoms with Gasteiger partial charge in [-0.15, -0.1) is 0 Å². The van der Waals surface area contributed by atoms with Crippen LogP contribution < -0.4 is 5.32 Å². The Labute approximate surface area is 102 Å². The van der Waals surface area contributed by atoms with E-state index < -0.39 is 0 Å². The molecule has 0 bridgehead atoms. The molecule has 1 atom stereocenters. The fourth-order valence-electron chi connectivity index (χ4n) is 1.86. The second-order valence-corrected chi connectivity index (χ2v) is 4.09. The number of aromatic nitrogens is 1. The molecule has 0 aliphatic rings. The molecule has 1 unspecified atom stereocenters. The van der Waals surface area contributed by atoms with E-state index in [1.54, 1.807) is 0 Å². The van der Waals surface area contributed by atoms with Crippen molar-refractivity contribution in [3.63, 3.8) is 0 Å². The van der Waals surface area contributed by atoms with Gasteiger partial charge in [0.15, 0.2) is 0 Å². The van der Waals surface area contributed by atoms with Crippen LogP contribution in [0.1, 0.15) is 42.8 Å². The van der Waals surface area contributed by atoms with Crippen molar-refractivity contribution in [1.82, 2.24) is 10.5 Å². The van der Waals surface area contributed by atoms with Crippen LogP contribution in [-0.4, -0.2) is 24.8 Å². The number of nitrogens with one attached hydrogen (secondary N) is 1. The van der Waals surface area contributed by atoms with E-state index in [0.29, 0.717) is 6.42 Å². The number of nitrogens with zero attached hydrogens (tertiary/aromatic N) is 1. The molecule has 5 heteroatoms. The zero-order valence-electron chi connectivity index (χ0n) is 10.9. The first-order valence-corrected chi connectivity index (χ1v) is 5.79. The van der Waals surface area contributed by atoms with Gasteiger partial charge in [-0.05, 0) is 33.7 Å². The molecule has 1 N–H and O–H groups in total. The number of carbonyl (C=O) groups is 1. The minimum absolute atomic E-state index is 0.170. The Hall–Kier alpha value is -1.36. The highest BCUT2D eigenvalue weighted by molar-refractivity contribution is 5.69. The van der Waals surface area contributed by atoms with Crippen LogP contribution in [-0.2, 0) is 9.53 Å². The van der Waals surface area contributed by atoms with Gasteiger partial charge in [-0.1, -0.05) is 5.16 Å². The molecule has 0 radical (unpaired) electrons. The zero-order chi connectivity index (χ0) is 12.8. The lowest BCUT2D eigenvalue weighted by Crippen LogP contribution is -2.21. The molecule has 0 saturated heterocycles. The van der Waals surface area contributed by atoms with Crippen LogP contribution in [0.2, 0.25) is 0 Å². The Morgan fingerprint density at radius 1 is 1.53 bits per heavy atom. The lowest BCUT2D eigenvalue weighted by atomic mass is 10.1. The van der Waals surface area contributed by atoms with Crippen molar-refractivity contribution in [1.29, 1.82) is 0 Å². The van der Waals surface area contributed by atoms with Crippen molar-refractivity contribution in [2.75, 3.05) is 13.7 Å². The number of hydrogen-bond donors (Lipinski definition) is 1. The van der Waals surface area contributed by atoms with E-state index in [1.165, 1.54) is 7.11 Å². The molecule has 17 heavy (non-hydrogen) atoms. The molecule has 5 nitrogen and oxygen atoms in total. The zero-order valence-corrected chi connectivity index (χ0v) is 10.9. The minimum Gasteiger partial charge on any atom is -0.469 e. The molecule has 0 aliphatic carbocycles. The van der Waals surface area contributed by atoms with Gasteiger partial charge in [-0.2, -0.15) is 0 Å². The van der Waals surface area contributed by atoms with Gasteiger partial charge < -0.3 is 14.6 Å². The summed E-state index contributed by atoms with van der Waals surface area (Å²) in [6, 6.07) is 0.180. The summed E-state index contributed by atoms with van der Waals surface area (Å²) in [7, 11) is 1.41. The van der Waals surface area contributed by atoms with E-state index in [2.05, 4.69) is 22.1 Å². The normalized spacial score (nSPS) is 12.5. The van der Waals surface area contributed by atoms with Crippen molar-refractivity contribution in [2.24, 2.45) is 0 Å². The predicted octanol–water partition coefficient (Wildman–Crippen LogP) is 1.90. The SMILES string of the molecule is COC(=O)CCCNC(C)c1c(C)noc1C. The maximum Gasteiger partial charge on any atom is 0.305 e. The number of methoxy groups -OCH3 is 1. The molecule has 0 aliphatic heterocycles. The molecule has 0 spiro atoms. The van der Waals surface area contributed by atoms with Gasteiger partial charge in [-0.3, -0.25) is 4.79 Å². The van der Waals surface area contributed by atoms with Crippen molar-refractivity contribution in [3.8, 4) is 0 Å². The van der Waals surface area contributed by atoms with Gasteiger partial charge in [0, 0.05) is 18.0 Å². The van der Waals surface area contributed by atoms with Crippen LogP contribution in [0.25, 0.3) is 0 Å². The van der Waals surface area contributed by atoms with E-state index in [0.717, 1.165) is 30.0 Å². The molecule has 0 aromatic carbocycles. The van der Waals surface area contributed by atoms with Crippen LogP contribution in [0.4, 0.5) is 0 Å². The van der Waals surface area contributed by atoms with Gasteiger partial charge in [0.2, 0.25) is 0 Å². The lowest BCUT2D eigenvalue weighted by Gasteiger charge is -2.13. The number of ether oxygens (including phenoxy) is 1. The summed E-state index contributed by atoms with van der Waals surface area (Å²) in [6.45, 7) is 6.66. The predicted molar refractivity (Wildman–Crippen MR) is 63.6 cm³/mol. The van der Waals surface area contributed by atoms with Gasteiger partial charge in [-0.25, -0.2) is 0 Å². The van der Waals surface area contributed by atoms with Crippen molar-refractivity contribution in [3.05, 3.63) is 17.0 Å². The maximum absolute atomic E-state index is 10.9. The second-order valence-electron chi connectivity index (χ2n) is 4.09. The minimum atomic E-state index is -0.170. The Morgan fingerprint density at radius 2 is 2.24 bits per heavy atom. The molecule has 1 aromatic heterocycles. The summed E-state index contributed by atoms with van der Waals surface area (Å²) in [5.74, 6) is 0.673. The summed E-state index contributed by atoms with van der Waals surface area (Å²) in [5.41, 5.74) is 2.01. The average Bonchev–Trinajstić information content (AvgIpc) is 2.64. The van der Waals surface area contributed by atoms with Crippen molar-refractivity contribution in [2.45, 2.75) is 39.7 Å². The van der Waals surface area contributed by atoms with Gasteiger partial charge in [0.1, 0.15) is 5.76 Å². The highest BCUT2D eigenvalue weighted by atomic mass is 16.5. The summed E-state index contributed by atoms with van der Waals surface area (Å²) in [5, 5.41) is 7.26. The molecule has 1 heterocycles. The summed E-state index contributed by atoms with van der Waals surface area (Å²) < 4.78 is 9.69. The summed E-state index contributed by atoms with van der Waals surface area (Å²) >= 11 is 0. The monoisotopic (exact) mass is 240 g/mol. The highest BCUT2D eigenvalue weighted by Gasteiger charge is 2.15. The summed E-state index contributed by atoms with van der Waals surface area (Å²) in [6.07, 6.45) is 1.21. The standard InChI is InChI=1S/C12H20N2O3/c1-8(12-9(2)14-17-10(12)3)13-7-5-6-11(15)16-4/h8,13H,5-7H2,1-4H3. The Morgan fingerprint density at radius 3 is 2.76 bits per heavy atom. The number of esters is 1. The first-order valence-electron chi connectivity index (χ1n) is 5.79. The highest BCUT2D eigenvalue weighted by Crippen LogP contribution is 2.20. The maximum atomic E-state index is 10.9. The Kier molecular flexibility index (Phi) is 5.15. The molecule has 0 saturated carbocycles. The first-order chi connectivity index (χ1) is 8.06.